The summed E-state index contributed by atoms with van der Waals surface area (Å²) in [7, 11) is 0. The molecule has 102 valence electrons. The largest absolute Gasteiger partial charge is 0.416 e. The van der Waals surface area contributed by atoms with Crippen molar-refractivity contribution in [1.82, 2.24) is 15.1 Å². The third kappa shape index (κ3) is 3.82. The first-order chi connectivity index (χ1) is 8.95. The Morgan fingerprint density at radius 1 is 1.32 bits per heavy atom. The molecule has 0 amide bonds. The highest BCUT2D eigenvalue weighted by Gasteiger charge is 2.31. The van der Waals surface area contributed by atoms with E-state index in [0.717, 1.165) is 12.1 Å². The zero-order valence-corrected chi connectivity index (χ0v) is 10.2. The van der Waals surface area contributed by atoms with Crippen LogP contribution in [0.2, 0.25) is 5.15 Å². The normalized spacial score (nSPS) is 11.6. The molecule has 19 heavy (non-hydrogen) atoms. The van der Waals surface area contributed by atoms with Crippen LogP contribution in [0.4, 0.5) is 19.0 Å². The molecule has 0 unspecified atom stereocenters. The van der Waals surface area contributed by atoms with Crippen LogP contribution >= 0.6 is 11.6 Å². The van der Waals surface area contributed by atoms with Gasteiger partial charge in [0.1, 0.15) is 11.0 Å². The fourth-order valence-corrected chi connectivity index (χ4v) is 1.56. The lowest BCUT2D eigenvalue weighted by atomic mass is 10.2. The number of nitrogens with zero attached hydrogens (tertiary/aromatic N) is 3. The molecular weight excluding hydrogens is 285 g/mol. The van der Waals surface area contributed by atoms with Crippen LogP contribution in [0.5, 0.6) is 0 Å². The standard InChI is InChI=1S/C10H8ClF3N4O/c11-7-3-6(10(12,13)14)4-8(18-7)15-2-1-9-16-5-17-19-9/h3-5H,1-2H2,(H,15,18). The molecule has 0 radical (unpaired) electrons. The van der Waals surface area contributed by atoms with Crippen LogP contribution in [-0.4, -0.2) is 21.7 Å². The number of rotatable bonds is 4. The predicted octanol–water partition coefficient (Wildman–Crippen LogP) is 2.79. The Hall–Kier alpha value is -1.83. The summed E-state index contributed by atoms with van der Waals surface area (Å²) in [5, 5.41) is 5.90. The first kappa shape index (κ1) is 13.6. The average molecular weight is 293 g/mol. The Morgan fingerprint density at radius 3 is 2.74 bits per heavy atom. The summed E-state index contributed by atoms with van der Waals surface area (Å²) in [6.45, 7) is 0.298. The quantitative estimate of drug-likeness (QED) is 0.878. The van der Waals surface area contributed by atoms with E-state index in [4.69, 9.17) is 16.1 Å². The summed E-state index contributed by atoms with van der Waals surface area (Å²) >= 11 is 5.54. The van der Waals surface area contributed by atoms with E-state index in [1.54, 1.807) is 0 Å². The van der Waals surface area contributed by atoms with Crippen molar-refractivity contribution in [3.05, 3.63) is 35.1 Å². The molecule has 2 rings (SSSR count). The fourth-order valence-electron chi connectivity index (χ4n) is 1.35. The fraction of sp³-hybridized carbons (Fsp3) is 0.300. The highest BCUT2D eigenvalue weighted by atomic mass is 35.5. The van der Waals surface area contributed by atoms with Gasteiger partial charge < -0.3 is 9.84 Å². The highest BCUT2D eigenvalue weighted by Crippen LogP contribution is 2.31. The number of pyridine rings is 1. The molecule has 9 heteroatoms. The monoisotopic (exact) mass is 292 g/mol. The molecule has 1 N–H and O–H groups in total. The molecule has 0 fully saturated rings. The summed E-state index contributed by atoms with van der Waals surface area (Å²) in [5.74, 6) is 0.421. The van der Waals surface area contributed by atoms with E-state index in [-0.39, 0.29) is 11.0 Å². The van der Waals surface area contributed by atoms with Gasteiger partial charge in [-0.3, -0.25) is 0 Å². The topological polar surface area (TPSA) is 63.8 Å². The zero-order chi connectivity index (χ0) is 13.9. The van der Waals surface area contributed by atoms with Gasteiger partial charge in [0.25, 0.3) is 0 Å². The summed E-state index contributed by atoms with van der Waals surface area (Å²) in [4.78, 5) is 7.53. The average Bonchev–Trinajstić information content (AvgIpc) is 2.80. The van der Waals surface area contributed by atoms with E-state index in [1.807, 2.05) is 0 Å². The summed E-state index contributed by atoms with van der Waals surface area (Å²) in [5.41, 5.74) is -0.854. The zero-order valence-electron chi connectivity index (χ0n) is 9.41. The van der Waals surface area contributed by atoms with E-state index in [1.165, 1.54) is 6.33 Å². The van der Waals surface area contributed by atoms with Gasteiger partial charge in [0.15, 0.2) is 6.33 Å². The van der Waals surface area contributed by atoms with Crippen LogP contribution in [0.15, 0.2) is 23.0 Å². The van der Waals surface area contributed by atoms with E-state index in [9.17, 15) is 13.2 Å². The highest BCUT2D eigenvalue weighted by molar-refractivity contribution is 6.29. The molecule has 2 heterocycles. The smallest absolute Gasteiger partial charge is 0.369 e. The van der Waals surface area contributed by atoms with Crippen LogP contribution in [-0.2, 0) is 12.6 Å². The molecular formula is C10H8ClF3N4O. The van der Waals surface area contributed by atoms with Crippen LogP contribution in [0.3, 0.4) is 0 Å². The summed E-state index contributed by atoms with van der Waals surface area (Å²) in [6, 6.07) is 1.66. The molecule has 2 aromatic rings. The maximum atomic E-state index is 12.5. The van der Waals surface area contributed by atoms with Crippen molar-refractivity contribution >= 4 is 17.4 Å². The molecule has 2 aromatic heterocycles. The van der Waals surface area contributed by atoms with Gasteiger partial charge in [0.2, 0.25) is 5.89 Å². The van der Waals surface area contributed by atoms with E-state index >= 15 is 0 Å². The van der Waals surface area contributed by atoms with Crippen molar-refractivity contribution in [2.75, 3.05) is 11.9 Å². The van der Waals surface area contributed by atoms with E-state index in [0.29, 0.717) is 18.9 Å². The molecule has 0 spiro atoms. The molecule has 0 saturated carbocycles. The van der Waals surface area contributed by atoms with E-state index < -0.39 is 11.7 Å². The van der Waals surface area contributed by atoms with Gasteiger partial charge in [-0.15, -0.1) is 0 Å². The number of aromatic nitrogens is 3. The van der Waals surface area contributed by atoms with Crippen molar-refractivity contribution in [1.29, 1.82) is 0 Å². The van der Waals surface area contributed by atoms with Crippen LogP contribution in [0, 0.1) is 0 Å². The van der Waals surface area contributed by atoms with Crippen molar-refractivity contribution in [2.24, 2.45) is 0 Å². The lowest BCUT2D eigenvalue weighted by molar-refractivity contribution is -0.137. The maximum Gasteiger partial charge on any atom is 0.416 e. The number of hydrogen-bond acceptors (Lipinski definition) is 5. The van der Waals surface area contributed by atoms with Crippen molar-refractivity contribution in [2.45, 2.75) is 12.6 Å². The van der Waals surface area contributed by atoms with Crippen LogP contribution in [0.25, 0.3) is 0 Å². The minimum Gasteiger partial charge on any atom is -0.369 e. The van der Waals surface area contributed by atoms with Gasteiger partial charge in [0.05, 0.1) is 5.56 Å². The van der Waals surface area contributed by atoms with Gasteiger partial charge in [-0.25, -0.2) is 4.98 Å². The molecule has 0 aliphatic rings. The Kier molecular flexibility index (Phi) is 3.89. The van der Waals surface area contributed by atoms with Crippen LogP contribution in [0.1, 0.15) is 11.5 Å². The van der Waals surface area contributed by atoms with Crippen molar-refractivity contribution in [3.63, 3.8) is 0 Å². The molecule has 0 aliphatic carbocycles. The molecule has 5 nitrogen and oxygen atoms in total. The van der Waals surface area contributed by atoms with Crippen LogP contribution < -0.4 is 5.32 Å². The van der Waals surface area contributed by atoms with Gasteiger partial charge >= 0.3 is 6.18 Å². The minimum absolute atomic E-state index is 0.0411. The van der Waals surface area contributed by atoms with E-state index in [2.05, 4.69) is 20.4 Å². The second kappa shape index (κ2) is 5.43. The third-order valence-electron chi connectivity index (χ3n) is 2.17. The number of hydrogen-bond donors (Lipinski definition) is 1. The van der Waals surface area contributed by atoms with Gasteiger partial charge in [-0.2, -0.15) is 18.2 Å². The Labute approximate surface area is 110 Å². The Morgan fingerprint density at radius 2 is 2.11 bits per heavy atom. The molecule has 0 aromatic carbocycles. The Balaban J connectivity index is 2.02. The lowest BCUT2D eigenvalue weighted by Gasteiger charge is -2.10. The number of halogens is 4. The lowest BCUT2D eigenvalue weighted by Crippen LogP contribution is -2.10. The first-order valence-electron chi connectivity index (χ1n) is 5.19. The molecule has 0 saturated heterocycles. The predicted molar refractivity (Wildman–Crippen MR) is 60.7 cm³/mol. The number of anilines is 1. The number of alkyl halides is 3. The van der Waals surface area contributed by atoms with Crippen molar-refractivity contribution < 1.29 is 17.7 Å². The second-order valence-corrected chi connectivity index (χ2v) is 3.96. The van der Waals surface area contributed by atoms with Crippen molar-refractivity contribution in [3.8, 4) is 0 Å². The molecule has 0 bridgehead atoms. The van der Waals surface area contributed by atoms with Gasteiger partial charge in [0, 0.05) is 13.0 Å². The minimum atomic E-state index is -4.46. The maximum absolute atomic E-state index is 12.5. The van der Waals surface area contributed by atoms with Gasteiger partial charge in [-0.05, 0) is 12.1 Å². The molecule has 0 aliphatic heterocycles. The van der Waals surface area contributed by atoms with Gasteiger partial charge in [-0.1, -0.05) is 16.8 Å². The number of nitrogens with one attached hydrogen (secondary N) is 1. The second-order valence-electron chi connectivity index (χ2n) is 3.57. The third-order valence-corrected chi connectivity index (χ3v) is 2.37. The SMILES string of the molecule is FC(F)(F)c1cc(Cl)nc(NCCc2ncno2)c1. The summed E-state index contributed by atoms with van der Waals surface area (Å²) < 4.78 is 42.4. The summed E-state index contributed by atoms with van der Waals surface area (Å²) in [6.07, 6.45) is -2.85. The molecule has 0 atom stereocenters. The first-order valence-corrected chi connectivity index (χ1v) is 5.57. The Bertz CT molecular complexity index is 544.